The molecule has 0 radical (unpaired) electrons. The summed E-state index contributed by atoms with van der Waals surface area (Å²) in [7, 11) is 4.94. The van der Waals surface area contributed by atoms with E-state index < -0.39 is 0 Å². The monoisotopic (exact) mass is 419 g/mol. The lowest BCUT2D eigenvalue weighted by atomic mass is 10.2. The minimum Gasteiger partial charge on any atom is -0.497 e. The van der Waals surface area contributed by atoms with Crippen LogP contribution in [0.2, 0.25) is 0 Å². The molecule has 0 saturated heterocycles. The van der Waals surface area contributed by atoms with Crippen molar-refractivity contribution < 1.29 is 14.2 Å². The summed E-state index contributed by atoms with van der Waals surface area (Å²) < 4.78 is 18.2. The molecule has 1 aliphatic rings. The lowest BCUT2D eigenvalue weighted by molar-refractivity contribution is 0.391. The third-order valence-corrected chi connectivity index (χ3v) is 5.87. The predicted octanol–water partition coefficient (Wildman–Crippen LogP) is 4.04. The van der Waals surface area contributed by atoms with E-state index in [-0.39, 0.29) is 0 Å². The number of hydrogen-bond acceptors (Lipinski definition) is 7. The standard InChI is InChI=1S/C23H25N5O3/c1-13-10-17(13)21-26-22-16-6-5-7-18(30-3)20(16)25-23(28(22)27-21)24-12-14-8-9-15(29-2)11-19(14)31-4/h5-9,11,13,17H,10,12H2,1-4H3,(H,24,25). The van der Waals surface area contributed by atoms with Gasteiger partial charge in [-0.3, -0.25) is 0 Å². The Kier molecular flexibility index (Phi) is 4.77. The number of methoxy groups -OCH3 is 3. The second kappa shape index (κ2) is 7.61. The van der Waals surface area contributed by atoms with E-state index in [1.54, 1.807) is 25.8 Å². The van der Waals surface area contributed by atoms with Crippen LogP contribution in [0.3, 0.4) is 0 Å². The van der Waals surface area contributed by atoms with Gasteiger partial charge < -0.3 is 19.5 Å². The maximum Gasteiger partial charge on any atom is 0.226 e. The number of rotatable bonds is 7. The van der Waals surface area contributed by atoms with Crippen molar-refractivity contribution in [3.8, 4) is 17.2 Å². The second-order valence-corrected chi connectivity index (χ2v) is 7.85. The van der Waals surface area contributed by atoms with Gasteiger partial charge in [-0.1, -0.05) is 13.0 Å². The van der Waals surface area contributed by atoms with Crippen LogP contribution in [0.1, 0.15) is 30.7 Å². The number of nitrogens with one attached hydrogen (secondary N) is 1. The molecule has 4 aromatic rings. The Labute approximate surface area is 180 Å². The molecule has 8 nitrogen and oxygen atoms in total. The molecule has 2 unspecified atom stereocenters. The Bertz CT molecular complexity index is 1270. The first-order valence-electron chi connectivity index (χ1n) is 10.3. The van der Waals surface area contributed by atoms with Gasteiger partial charge in [0.2, 0.25) is 5.95 Å². The molecular weight excluding hydrogens is 394 g/mol. The molecule has 0 bridgehead atoms. The zero-order valence-corrected chi connectivity index (χ0v) is 18.0. The Balaban J connectivity index is 1.59. The topological polar surface area (TPSA) is 82.8 Å². The SMILES string of the molecule is COc1ccc(CNc2nc3c(OC)cccc3c3nc(C4CC4C)nn23)c(OC)c1. The van der Waals surface area contributed by atoms with Crippen molar-refractivity contribution in [2.75, 3.05) is 26.6 Å². The minimum atomic E-state index is 0.412. The lowest BCUT2D eigenvalue weighted by Gasteiger charge is -2.13. The number of ether oxygens (including phenoxy) is 3. The van der Waals surface area contributed by atoms with E-state index in [1.807, 2.05) is 36.4 Å². The molecule has 5 rings (SSSR count). The van der Waals surface area contributed by atoms with Gasteiger partial charge in [-0.25, -0.2) is 9.97 Å². The fraction of sp³-hybridized carbons (Fsp3) is 0.348. The van der Waals surface area contributed by atoms with Crippen LogP contribution in [0.25, 0.3) is 16.6 Å². The number of benzene rings is 2. The molecule has 31 heavy (non-hydrogen) atoms. The molecule has 2 heterocycles. The molecule has 1 aliphatic carbocycles. The molecule has 0 spiro atoms. The highest BCUT2D eigenvalue weighted by Gasteiger charge is 2.38. The molecule has 1 N–H and O–H groups in total. The van der Waals surface area contributed by atoms with Gasteiger partial charge in [0.05, 0.1) is 21.3 Å². The van der Waals surface area contributed by atoms with E-state index in [0.29, 0.717) is 30.1 Å². The fourth-order valence-corrected chi connectivity index (χ4v) is 3.91. The maximum absolute atomic E-state index is 5.56. The first kappa shape index (κ1) is 19.4. The molecule has 1 fully saturated rings. The first-order valence-corrected chi connectivity index (χ1v) is 10.3. The molecule has 8 heteroatoms. The van der Waals surface area contributed by atoms with E-state index in [9.17, 15) is 0 Å². The van der Waals surface area contributed by atoms with E-state index in [1.165, 1.54) is 0 Å². The van der Waals surface area contributed by atoms with Crippen LogP contribution in [0.5, 0.6) is 17.2 Å². The fourth-order valence-electron chi connectivity index (χ4n) is 3.91. The van der Waals surface area contributed by atoms with Gasteiger partial charge in [0, 0.05) is 29.5 Å². The highest BCUT2D eigenvalue weighted by molar-refractivity contribution is 5.96. The van der Waals surface area contributed by atoms with Gasteiger partial charge in [0.15, 0.2) is 11.5 Å². The van der Waals surface area contributed by atoms with Gasteiger partial charge in [-0.05, 0) is 36.6 Å². The molecule has 0 amide bonds. The van der Waals surface area contributed by atoms with Crippen molar-refractivity contribution in [3.05, 3.63) is 47.8 Å². The lowest BCUT2D eigenvalue weighted by Crippen LogP contribution is -2.09. The summed E-state index contributed by atoms with van der Waals surface area (Å²) in [6.07, 6.45) is 1.12. The molecular formula is C23H25N5O3. The zero-order chi connectivity index (χ0) is 21.5. The van der Waals surface area contributed by atoms with Crippen molar-refractivity contribution in [2.45, 2.75) is 25.8 Å². The Morgan fingerprint density at radius 3 is 2.55 bits per heavy atom. The normalized spacial score (nSPS) is 17.7. The summed E-state index contributed by atoms with van der Waals surface area (Å²) in [4.78, 5) is 9.73. The largest absolute Gasteiger partial charge is 0.497 e. The number of nitrogens with zero attached hydrogens (tertiary/aromatic N) is 4. The van der Waals surface area contributed by atoms with Gasteiger partial charge in [-0.15, -0.1) is 5.10 Å². The van der Waals surface area contributed by atoms with Crippen LogP contribution < -0.4 is 19.5 Å². The van der Waals surface area contributed by atoms with Gasteiger partial charge in [0.1, 0.15) is 22.8 Å². The number of hydrogen-bond donors (Lipinski definition) is 1. The van der Waals surface area contributed by atoms with Crippen molar-refractivity contribution in [2.24, 2.45) is 5.92 Å². The van der Waals surface area contributed by atoms with Crippen molar-refractivity contribution in [1.82, 2.24) is 19.6 Å². The van der Waals surface area contributed by atoms with Crippen LogP contribution in [0, 0.1) is 5.92 Å². The Hall–Kier alpha value is -3.55. The summed E-state index contributed by atoms with van der Waals surface area (Å²) in [6.45, 7) is 2.73. The highest BCUT2D eigenvalue weighted by Crippen LogP contribution is 2.46. The molecule has 2 aromatic heterocycles. The van der Waals surface area contributed by atoms with Gasteiger partial charge in [0.25, 0.3) is 0 Å². The number of fused-ring (bicyclic) bond motifs is 3. The summed E-state index contributed by atoms with van der Waals surface area (Å²) >= 11 is 0. The van der Waals surface area contributed by atoms with E-state index >= 15 is 0 Å². The highest BCUT2D eigenvalue weighted by atomic mass is 16.5. The summed E-state index contributed by atoms with van der Waals surface area (Å²) in [6, 6.07) is 11.6. The predicted molar refractivity (Wildman–Crippen MR) is 118 cm³/mol. The third kappa shape index (κ3) is 3.37. The average Bonchev–Trinajstić information content (AvgIpc) is 3.36. The summed E-state index contributed by atoms with van der Waals surface area (Å²) in [5, 5.41) is 9.13. The molecule has 160 valence electrons. The summed E-state index contributed by atoms with van der Waals surface area (Å²) in [5.74, 6) is 4.70. The third-order valence-electron chi connectivity index (χ3n) is 5.87. The summed E-state index contributed by atoms with van der Waals surface area (Å²) in [5.41, 5.74) is 2.52. The number of aromatic nitrogens is 4. The van der Waals surface area contributed by atoms with Crippen LogP contribution in [0.4, 0.5) is 5.95 Å². The molecule has 2 aromatic carbocycles. The van der Waals surface area contributed by atoms with Gasteiger partial charge in [-0.2, -0.15) is 4.52 Å². The first-order chi connectivity index (χ1) is 15.1. The van der Waals surface area contributed by atoms with Gasteiger partial charge >= 0.3 is 0 Å². The molecule has 1 saturated carbocycles. The number of para-hydroxylation sites is 1. The molecule has 0 aliphatic heterocycles. The Morgan fingerprint density at radius 2 is 1.84 bits per heavy atom. The average molecular weight is 419 g/mol. The smallest absolute Gasteiger partial charge is 0.226 e. The molecule has 2 atom stereocenters. The van der Waals surface area contributed by atoms with Crippen molar-refractivity contribution in [1.29, 1.82) is 0 Å². The van der Waals surface area contributed by atoms with Crippen LogP contribution in [-0.4, -0.2) is 40.9 Å². The maximum atomic E-state index is 5.56. The van der Waals surface area contributed by atoms with E-state index in [0.717, 1.165) is 45.9 Å². The second-order valence-electron chi connectivity index (χ2n) is 7.85. The van der Waals surface area contributed by atoms with Crippen molar-refractivity contribution in [3.63, 3.8) is 0 Å². The van der Waals surface area contributed by atoms with Crippen LogP contribution >= 0.6 is 0 Å². The van der Waals surface area contributed by atoms with Crippen molar-refractivity contribution >= 4 is 22.5 Å². The number of anilines is 1. The minimum absolute atomic E-state index is 0.412. The van der Waals surface area contributed by atoms with Crippen LogP contribution in [0.15, 0.2) is 36.4 Å². The van der Waals surface area contributed by atoms with E-state index in [2.05, 4.69) is 12.2 Å². The van der Waals surface area contributed by atoms with E-state index in [4.69, 9.17) is 29.3 Å². The van der Waals surface area contributed by atoms with Crippen LogP contribution in [-0.2, 0) is 6.54 Å². The zero-order valence-electron chi connectivity index (χ0n) is 18.0. The Morgan fingerprint density at radius 1 is 1.03 bits per heavy atom. The quantitative estimate of drug-likeness (QED) is 0.484.